The molecular weight excluding hydrogens is 368 g/mol. The number of fused-ring (bicyclic) bond motifs is 1. The van der Waals surface area contributed by atoms with Crippen LogP contribution in [-0.4, -0.2) is 29.0 Å². The summed E-state index contributed by atoms with van der Waals surface area (Å²) in [4.78, 5) is 26.7. The molecule has 2 N–H and O–H groups in total. The second-order valence-corrected chi connectivity index (χ2v) is 7.25. The summed E-state index contributed by atoms with van der Waals surface area (Å²) in [6.07, 6.45) is 0.872. The number of carbonyl (C=O) groups is 1. The number of nitrogens with zero attached hydrogens (tertiary/aromatic N) is 1. The predicted octanol–water partition coefficient (Wildman–Crippen LogP) is 3.97. The van der Waals surface area contributed by atoms with Gasteiger partial charge in [-0.05, 0) is 56.1 Å². The molecule has 2 aromatic carbocycles. The van der Waals surface area contributed by atoms with Crippen molar-refractivity contribution in [1.29, 1.82) is 0 Å². The van der Waals surface area contributed by atoms with Gasteiger partial charge in [0.25, 0.3) is 0 Å². The van der Waals surface area contributed by atoms with Gasteiger partial charge in [0.15, 0.2) is 0 Å². The first-order valence-electron chi connectivity index (χ1n) is 9.72. The van der Waals surface area contributed by atoms with Crippen molar-refractivity contribution in [2.24, 2.45) is 0 Å². The fourth-order valence-corrected chi connectivity index (χ4v) is 3.42. The van der Waals surface area contributed by atoms with Crippen LogP contribution in [0.15, 0.2) is 51.7 Å². The van der Waals surface area contributed by atoms with Gasteiger partial charge in [-0.2, -0.15) is 0 Å². The third kappa shape index (κ3) is 4.84. The minimum Gasteiger partial charge on any atom is -0.508 e. The first-order chi connectivity index (χ1) is 13.9. The molecule has 1 aromatic heterocycles. The van der Waals surface area contributed by atoms with E-state index in [0.29, 0.717) is 24.2 Å². The molecule has 0 aliphatic carbocycles. The minimum absolute atomic E-state index is 0.0841. The lowest BCUT2D eigenvalue weighted by atomic mass is 10.1. The number of nitrogens with one attached hydrogen (secondary N) is 1. The van der Waals surface area contributed by atoms with Gasteiger partial charge in [0.05, 0.1) is 6.54 Å². The molecule has 6 heteroatoms. The number of phenolic OH excluding ortho intramolecular Hbond substituents is 1. The van der Waals surface area contributed by atoms with E-state index >= 15 is 0 Å². The highest BCUT2D eigenvalue weighted by Gasteiger charge is 2.16. The van der Waals surface area contributed by atoms with Gasteiger partial charge < -0.3 is 14.8 Å². The number of hydrogen-bond acceptors (Lipinski definition) is 5. The van der Waals surface area contributed by atoms with Crippen molar-refractivity contribution in [2.45, 2.75) is 33.7 Å². The van der Waals surface area contributed by atoms with Gasteiger partial charge in [-0.15, -0.1) is 0 Å². The first-order valence-corrected chi connectivity index (χ1v) is 9.72. The van der Waals surface area contributed by atoms with E-state index in [9.17, 15) is 14.7 Å². The topological polar surface area (TPSA) is 82.8 Å². The van der Waals surface area contributed by atoms with Crippen LogP contribution in [0.4, 0.5) is 5.69 Å². The van der Waals surface area contributed by atoms with Crippen molar-refractivity contribution in [3.8, 4) is 5.75 Å². The van der Waals surface area contributed by atoms with Gasteiger partial charge in [0.2, 0.25) is 5.91 Å². The van der Waals surface area contributed by atoms with Crippen LogP contribution < -0.4 is 10.9 Å². The summed E-state index contributed by atoms with van der Waals surface area (Å²) < 4.78 is 5.32. The van der Waals surface area contributed by atoms with Crippen LogP contribution in [0.25, 0.3) is 11.0 Å². The Bertz CT molecular complexity index is 1090. The average molecular weight is 394 g/mol. The minimum atomic E-state index is -0.470. The van der Waals surface area contributed by atoms with Gasteiger partial charge in [-0.3, -0.25) is 9.69 Å². The highest BCUT2D eigenvalue weighted by Crippen LogP contribution is 2.28. The standard InChI is InChI=1S/C23H26N2O4/c1-4-11-25(14-21(27)24-19-8-6-5-7-15(19)2)13-17-12-22(28)29-23-16(3)20(26)10-9-18(17)23/h5-10,12,26H,4,11,13-14H2,1-3H3,(H,24,27). The zero-order valence-corrected chi connectivity index (χ0v) is 17.0. The molecule has 0 radical (unpaired) electrons. The van der Waals surface area contributed by atoms with E-state index in [4.69, 9.17) is 4.42 Å². The van der Waals surface area contributed by atoms with E-state index in [2.05, 4.69) is 5.32 Å². The zero-order chi connectivity index (χ0) is 21.0. The molecule has 3 rings (SSSR count). The van der Waals surface area contributed by atoms with Crippen LogP contribution in [-0.2, 0) is 11.3 Å². The van der Waals surface area contributed by atoms with Crippen LogP contribution in [0.3, 0.4) is 0 Å². The normalized spacial score (nSPS) is 11.2. The lowest BCUT2D eigenvalue weighted by molar-refractivity contribution is -0.117. The van der Waals surface area contributed by atoms with Gasteiger partial charge in [-0.25, -0.2) is 4.79 Å². The molecule has 0 aliphatic heterocycles. The third-order valence-corrected chi connectivity index (χ3v) is 4.94. The summed E-state index contributed by atoms with van der Waals surface area (Å²) in [5, 5.41) is 13.6. The fourth-order valence-electron chi connectivity index (χ4n) is 3.42. The number of carbonyl (C=O) groups excluding carboxylic acids is 1. The van der Waals surface area contributed by atoms with Crippen LogP contribution in [0, 0.1) is 13.8 Å². The smallest absolute Gasteiger partial charge is 0.336 e. The molecule has 0 bridgehead atoms. The number of rotatable bonds is 7. The Kier molecular flexibility index (Phi) is 6.34. The summed E-state index contributed by atoms with van der Waals surface area (Å²) in [7, 11) is 0. The van der Waals surface area contributed by atoms with Crippen molar-refractivity contribution in [2.75, 3.05) is 18.4 Å². The highest BCUT2D eigenvalue weighted by atomic mass is 16.4. The first kappa shape index (κ1) is 20.6. The number of anilines is 1. The largest absolute Gasteiger partial charge is 0.508 e. The Morgan fingerprint density at radius 3 is 2.66 bits per heavy atom. The summed E-state index contributed by atoms with van der Waals surface area (Å²) in [6, 6.07) is 12.4. The van der Waals surface area contributed by atoms with E-state index in [-0.39, 0.29) is 18.2 Å². The Hall–Kier alpha value is -3.12. The number of hydrogen-bond donors (Lipinski definition) is 2. The van der Waals surface area contributed by atoms with Gasteiger partial charge in [0.1, 0.15) is 11.3 Å². The Labute approximate surface area is 169 Å². The molecule has 0 atom stereocenters. The molecule has 6 nitrogen and oxygen atoms in total. The molecule has 0 saturated heterocycles. The van der Waals surface area contributed by atoms with Gasteiger partial charge in [-0.1, -0.05) is 25.1 Å². The van der Waals surface area contributed by atoms with Crippen molar-refractivity contribution < 1.29 is 14.3 Å². The van der Waals surface area contributed by atoms with Crippen LogP contribution >= 0.6 is 0 Å². The summed E-state index contributed by atoms with van der Waals surface area (Å²) >= 11 is 0. The van der Waals surface area contributed by atoms with Crippen LogP contribution in [0.5, 0.6) is 5.75 Å². The van der Waals surface area contributed by atoms with Crippen LogP contribution in [0.2, 0.25) is 0 Å². The Balaban J connectivity index is 1.84. The molecule has 29 heavy (non-hydrogen) atoms. The predicted molar refractivity (Wildman–Crippen MR) is 114 cm³/mol. The molecule has 0 aliphatic rings. The number of amides is 1. The highest BCUT2D eigenvalue weighted by molar-refractivity contribution is 5.93. The van der Waals surface area contributed by atoms with Crippen molar-refractivity contribution in [3.63, 3.8) is 0 Å². The molecular formula is C23H26N2O4. The Morgan fingerprint density at radius 2 is 1.93 bits per heavy atom. The summed E-state index contributed by atoms with van der Waals surface area (Å²) in [5.74, 6) is -0.0188. The number of aryl methyl sites for hydroxylation is 2. The molecule has 0 fully saturated rings. The molecule has 0 unspecified atom stereocenters. The lowest BCUT2D eigenvalue weighted by Gasteiger charge is -2.22. The van der Waals surface area contributed by atoms with Crippen molar-refractivity contribution >= 4 is 22.6 Å². The summed E-state index contributed by atoms with van der Waals surface area (Å²) in [6.45, 7) is 7.06. The molecule has 3 aromatic rings. The Morgan fingerprint density at radius 1 is 1.17 bits per heavy atom. The quantitative estimate of drug-likeness (QED) is 0.593. The summed E-state index contributed by atoms with van der Waals surface area (Å²) in [5.41, 5.74) is 3.02. The zero-order valence-electron chi connectivity index (χ0n) is 17.0. The lowest BCUT2D eigenvalue weighted by Crippen LogP contribution is -2.33. The van der Waals surface area contributed by atoms with Crippen LogP contribution in [0.1, 0.15) is 30.0 Å². The fraction of sp³-hybridized carbons (Fsp3) is 0.304. The molecule has 0 spiro atoms. The number of benzene rings is 2. The van der Waals surface area contributed by atoms with E-state index in [1.54, 1.807) is 19.1 Å². The molecule has 1 heterocycles. The van der Waals surface area contributed by atoms with Gasteiger partial charge >= 0.3 is 5.63 Å². The number of aromatic hydroxyl groups is 1. The maximum absolute atomic E-state index is 12.6. The second kappa shape index (κ2) is 8.92. The van der Waals surface area contributed by atoms with E-state index in [1.165, 1.54) is 6.07 Å². The molecule has 0 saturated carbocycles. The van der Waals surface area contributed by atoms with Crippen molar-refractivity contribution in [1.82, 2.24) is 4.90 Å². The van der Waals surface area contributed by atoms with E-state index in [1.807, 2.05) is 43.0 Å². The molecule has 1 amide bonds. The SMILES string of the molecule is CCCN(CC(=O)Nc1ccccc1C)Cc1cc(=O)oc2c(C)c(O)ccc12. The van der Waals surface area contributed by atoms with Gasteiger partial charge in [0, 0.05) is 29.2 Å². The molecule has 152 valence electrons. The number of phenols is 1. The monoisotopic (exact) mass is 394 g/mol. The van der Waals surface area contributed by atoms with Crippen molar-refractivity contribution in [3.05, 3.63) is 69.6 Å². The second-order valence-electron chi connectivity index (χ2n) is 7.25. The third-order valence-electron chi connectivity index (χ3n) is 4.94. The van der Waals surface area contributed by atoms with E-state index < -0.39 is 5.63 Å². The number of para-hydroxylation sites is 1. The van der Waals surface area contributed by atoms with E-state index in [0.717, 1.165) is 28.6 Å². The average Bonchev–Trinajstić information content (AvgIpc) is 2.67. The maximum Gasteiger partial charge on any atom is 0.336 e. The maximum atomic E-state index is 12.6.